The van der Waals surface area contributed by atoms with Crippen LogP contribution in [-0.4, -0.2) is 37.6 Å². The molecule has 1 unspecified atom stereocenters. The lowest BCUT2D eigenvalue weighted by molar-refractivity contribution is -0.139. The van der Waals surface area contributed by atoms with Gasteiger partial charge in [-0.2, -0.15) is 0 Å². The van der Waals surface area contributed by atoms with Gasteiger partial charge in [-0.05, 0) is 48.7 Å². The molecule has 2 N–H and O–H groups in total. The van der Waals surface area contributed by atoms with Crippen LogP contribution in [0.15, 0.2) is 102 Å². The van der Waals surface area contributed by atoms with Crippen LogP contribution >= 0.6 is 0 Å². The Kier molecular flexibility index (Phi) is 7.41. The van der Waals surface area contributed by atoms with Crippen molar-refractivity contribution >= 4 is 22.7 Å². The molecule has 0 radical (unpaired) electrons. The zero-order valence-electron chi connectivity index (χ0n) is 22.4. The zero-order chi connectivity index (χ0) is 27.5. The minimum absolute atomic E-state index is 0. The first kappa shape index (κ1) is 26.1. The molecule has 2 aromatic carbocycles. The first-order valence-electron chi connectivity index (χ1n) is 12.9. The number of hydrogen-bond acceptors (Lipinski definition) is 6. The van der Waals surface area contributed by atoms with Crippen molar-refractivity contribution in [3.8, 4) is 5.75 Å². The van der Waals surface area contributed by atoms with Gasteiger partial charge >= 0.3 is 5.97 Å². The molecule has 0 saturated heterocycles. The SMILES string of the molecule is C=C/C=C(/COC(=O)C1=C(C)NC2=C(C(=O)C[C@H](c3ccccc3OC)C2)C1c1cccc2[nH]ccc12)OC.[HH].[HH]. The van der Waals surface area contributed by atoms with Crippen LogP contribution in [0.1, 0.15) is 45.6 Å². The van der Waals surface area contributed by atoms with Crippen LogP contribution < -0.4 is 10.1 Å². The van der Waals surface area contributed by atoms with E-state index in [4.69, 9.17) is 14.2 Å². The van der Waals surface area contributed by atoms with Crippen LogP contribution in [-0.2, 0) is 19.1 Å². The molecular formula is C32H36N2O5. The smallest absolute Gasteiger partial charge is 0.337 e. The molecule has 7 nitrogen and oxygen atoms in total. The Labute approximate surface area is 230 Å². The number of para-hydroxylation sites is 1. The molecule has 7 heteroatoms. The first-order valence-corrected chi connectivity index (χ1v) is 12.9. The molecule has 2 atom stereocenters. The molecule has 3 aromatic rings. The van der Waals surface area contributed by atoms with E-state index in [1.165, 1.54) is 7.11 Å². The molecule has 5 rings (SSSR count). The van der Waals surface area contributed by atoms with Crippen molar-refractivity contribution in [2.24, 2.45) is 0 Å². The molecule has 2 heterocycles. The highest BCUT2D eigenvalue weighted by Crippen LogP contribution is 2.48. The number of ketones is 1. The molecule has 1 aromatic heterocycles. The summed E-state index contributed by atoms with van der Waals surface area (Å²) in [5.41, 5.74) is 5.34. The van der Waals surface area contributed by atoms with E-state index in [0.29, 0.717) is 35.4 Å². The van der Waals surface area contributed by atoms with Crippen molar-refractivity contribution in [3.05, 3.63) is 113 Å². The Balaban J connectivity index is 0.00000231. The van der Waals surface area contributed by atoms with E-state index in [1.807, 2.05) is 61.7 Å². The number of esters is 1. The van der Waals surface area contributed by atoms with Crippen LogP contribution in [0.5, 0.6) is 5.75 Å². The fourth-order valence-electron chi connectivity index (χ4n) is 5.73. The maximum atomic E-state index is 14.0. The lowest BCUT2D eigenvalue weighted by Crippen LogP contribution is -2.36. The third-order valence-corrected chi connectivity index (χ3v) is 7.48. The van der Waals surface area contributed by atoms with Gasteiger partial charge in [-0.3, -0.25) is 4.79 Å². The number of Topliss-reactive ketones (excluding diaryl/α,β-unsaturated/α-hetero) is 1. The van der Waals surface area contributed by atoms with E-state index in [2.05, 4.69) is 16.9 Å². The maximum Gasteiger partial charge on any atom is 0.337 e. The summed E-state index contributed by atoms with van der Waals surface area (Å²) >= 11 is 0. The summed E-state index contributed by atoms with van der Waals surface area (Å²) in [5, 5.41) is 4.37. The molecule has 0 amide bonds. The highest BCUT2D eigenvalue weighted by molar-refractivity contribution is 6.05. The third kappa shape index (κ3) is 4.88. The molecule has 204 valence electrons. The van der Waals surface area contributed by atoms with E-state index in [0.717, 1.165) is 33.5 Å². The summed E-state index contributed by atoms with van der Waals surface area (Å²) < 4.78 is 16.6. The number of allylic oxidation sites excluding steroid dienone is 5. The Morgan fingerprint density at radius 2 is 1.90 bits per heavy atom. The van der Waals surface area contributed by atoms with Gasteiger partial charge in [0.05, 0.1) is 19.8 Å². The second-order valence-electron chi connectivity index (χ2n) is 9.69. The summed E-state index contributed by atoms with van der Waals surface area (Å²) in [5.74, 6) is 0.113. The van der Waals surface area contributed by atoms with Gasteiger partial charge in [0.1, 0.15) is 18.1 Å². The number of carbonyl (C=O) groups excluding carboxylic acids is 2. The largest absolute Gasteiger partial charge is 0.497 e. The Hall–Kier alpha value is -4.52. The van der Waals surface area contributed by atoms with Crippen molar-refractivity contribution in [1.82, 2.24) is 10.3 Å². The van der Waals surface area contributed by atoms with Gasteiger partial charge in [0.25, 0.3) is 0 Å². The van der Waals surface area contributed by atoms with E-state index in [1.54, 1.807) is 19.3 Å². The minimum Gasteiger partial charge on any atom is -0.497 e. The van der Waals surface area contributed by atoms with Crippen molar-refractivity contribution in [2.45, 2.75) is 31.6 Å². The highest BCUT2D eigenvalue weighted by atomic mass is 16.6. The number of dihydropyridines is 1. The van der Waals surface area contributed by atoms with Gasteiger partial charge in [0.2, 0.25) is 0 Å². The van der Waals surface area contributed by atoms with Gasteiger partial charge < -0.3 is 24.5 Å². The number of rotatable bonds is 8. The van der Waals surface area contributed by atoms with E-state index in [-0.39, 0.29) is 21.2 Å². The predicted octanol–water partition coefficient (Wildman–Crippen LogP) is 6.29. The number of benzene rings is 2. The topological polar surface area (TPSA) is 89.6 Å². The number of H-pyrrole nitrogens is 1. The summed E-state index contributed by atoms with van der Waals surface area (Å²) in [6.45, 7) is 5.49. The predicted molar refractivity (Wildman–Crippen MR) is 154 cm³/mol. The fraction of sp³-hybridized carbons (Fsp3) is 0.250. The second-order valence-corrected chi connectivity index (χ2v) is 9.69. The molecule has 0 fully saturated rings. The number of aromatic amines is 1. The number of hydrogen-bond donors (Lipinski definition) is 2. The molecule has 1 aliphatic carbocycles. The number of fused-ring (bicyclic) bond motifs is 1. The number of carbonyl (C=O) groups is 2. The molecule has 39 heavy (non-hydrogen) atoms. The second kappa shape index (κ2) is 11.1. The summed E-state index contributed by atoms with van der Waals surface area (Å²) in [6, 6.07) is 15.7. The minimum atomic E-state index is -0.575. The average molecular weight is 529 g/mol. The van der Waals surface area contributed by atoms with Crippen molar-refractivity contribution in [1.29, 1.82) is 0 Å². The molecule has 2 aliphatic rings. The van der Waals surface area contributed by atoms with Gasteiger partial charge in [0.15, 0.2) is 5.78 Å². The van der Waals surface area contributed by atoms with E-state index < -0.39 is 11.9 Å². The van der Waals surface area contributed by atoms with Crippen LogP contribution in [0, 0.1) is 0 Å². The Bertz CT molecular complexity index is 1550. The number of aromatic nitrogens is 1. The quantitative estimate of drug-likeness (QED) is 0.203. The Morgan fingerprint density at radius 3 is 2.67 bits per heavy atom. The van der Waals surface area contributed by atoms with Crippen LogP contribution in [0.2, 0.25) is 0 Å². The number of methoxy groups -OCH3 is 2. The fourth-order valence-corrected chi connectivity index (χ4v) is 5.73. The number of ether oxygens (including phenoxy) is 3. The average Bonchev–Trinajstić information content (AvgIpc) is 3.43. The molecule has 1 aliphatic heterocycles. The molecule has 0 spiro atoms. The first-order chi connectivity index (χ1) is 19.0. The normalized spacial score (nSPS) is 19.5. The van der Waals surface area contributed by atoms with Crippen molar-refractivity contribution in [2.75, 3.05) is 20.8 Å². The van der Waals surface area contributed by atoms with Gasteiger partial charge in [-0.15, -0.1) is 0 Å². The Morgan fingerprint density at radius 1 is 1.10 bits per heavy atom. The van der Waals surface area contributed by atoms with Crippen molar-refractivity contribution in [3.63, 3.8) is 0 Å². The third-order valence-electron chi connectivity index (χ3n) is 7.48. The van der Waals surface area contributed by atoms with Crippen LogP contribution in [0.25, 0.3) is 10.9 Å². The molecule has 0 bridgehead atoms. The zero-order valence-corrected chi connectivity index (χ0v) is 22.4. The monoisotopic (exact) mass is 528 g/mol. The van der Waals surface area contributed by atoms with E-state index in [9.17, 15) is 9.59 Å². The lowest BCUT2D eigenvalue weighted by atomic mass is 9.71. The van der Waals surface area contributed by atoms with Gasteiger partial charge in [-0.25, -0.2) is 4.79 Å². The number of nitrogens with one attached hydrogen (secondary N) is 2. The molecular weight excluding hydrogens is 492 g/mol. The summed E-state index contributed by atoms with van der Waals surface area (Å²) in [7, 11) is 3.16. The van der Waals surface area contributed by atoms with Crippen LogP contribution in [0.4, 0.5) is 0 Å². The van der Waals surface area contributed by atoms with Crippen molar-refractivity contribution < 1.29 is 26.7 Å². The lowest BCUT2D eigenvalue weighted by Gasteiger charge is -2.37. The van der Waals surface area contributed by atoms with Gasteiger partial charge in [0, 0.05) is 55.2 Å². The maximum absolute atomic E-state index is 14.0. The van der Waals surface area contributed by atoms with Crippen LogP contribution in [0.3, 0.4) is 0 Å². The molecule has 0 saturated carbocycles. The summed E-state index contributed by atoms with van der Waals surface area (Å²) in [6.07, 6.45) is 6.03. The van der Waals surface area contributed by atoms with E-state index >= 15 is 0 Å². The highest BCUT2D eigenvalue weighted by Gasteiger charge is 2.42. The summed E-state index contributed by atoms with van der Waals surface area (Å²) in [4.78, 5) is 30.9. The van der Waals surface area contributed by atoms with Gasteiger partial charge in [-0.1, -0.05) is 43.0 Å². The standard InChI is InChI=1S/C32H32N2O5.2H2/c1-5-9-21(37-3)18-39-32(36)29-19(2)34-26-16-20(22-10-6-7-13-28(22)38-4)17-27(35)31(26)30(29)24-11-8-12-25-23(24)14-15-33-25;;/h5-15,20,30,33-34H,1,16-18H2,2-4H3;2*1H/b21-9-;;/t20-,30?;;/m1../s1.